The molecule has 88 valence electrons. The summed E-state index contributed by atoms with van der Waals surface area (Å²) in [6.45, 7) is 3.61. The minimum atomic E-state index is -0.417. The van der Waals surface area contributed by atoms with Gasteiger partial charge in [0.1, 0.15) is 0 Å². The highest BCUT2D eigenvalue weighted by atomic mass is 35.5. The Balaban J connectivity index is 2.62. The van der Waals surface area contributed by atoms with Crippen LogP contribution in [0.3, 0.4) is 0 Å². The van der Waals surface area contributed by atoms with E-state index in [1.54, 1.807) is 19.9 Å². The van der Waals surface area contributed by atoms with E-state index < -0.39 is 6.04 Å². The maximum Gasteiger partial charge on any atom is 0.307 e. The van der Waals surface area contributed by atoms with Crippen LogP contribution in [0.4, 0.5) is 0 Å². The average Bonchev–Trinajstić information content (AvgIpc) is 2.16. The van der Waals surface area contributed by atoms with Crippen LogP contribution in [0.2, 0.25) is 5.02 Å². The van der Waals surface area contributed by atoms with Gasteiger partial charge in [-0.1, -0.05) is 29.8 Å². The van der Waals surface area contributed by atoms with E-state index in [4.69, 9.17) is 22.1 Å². The first-order valence-corrected chi connectivity index (χ1v) is 5.58. The lowest BCUT2D eigenvalue weighted by Crippen LogP contribution is -2.19. The van der Waals surface area contributed by atoms with E-state index in [1.165, 1.54) is 0 Å². The highest BCUT2D eigenvalue weighted by molar-refractivity contribution is 6.31. The van der Waals surface area contributed by atoms with Gasteiger partial charge in [-0.05, 0) is 25.5 Å². The minimum absolute atomic E-state index is 0.119. The fraction of sp³-hybridized carbons (Fsp3) is 0.417. The number of carbonyl (C=O) groups is 1. The fourth-order valence-corrected chi connectivity index (χ4v) is 1.65. The Labute approximate surface area is 101 Å². The molecule has 2 N–H and O–H groups in total. The molecular formula is C12H16ClNO2. The molecule has 0 unspecified atom stereocenters. The average molecular weight is 242 g/mol. The molecule has 1 rings (SSSR count). The van der Waals surface area contributed by atoms with Crippen molar-refractivity contribution < 1.29 is 9.53 Å². The molecule has 0 spiro atoms. The van der Waals surface area contributed by atoms with E-state index in [1.807, 2.05) is 18.2 Å². The molecule has 0 saturated heterocycles. The van der Waals surface area contributed by atoms with E-state index in [9.17, 15) is 4.79 Å². The molecule has 1 aromatic rings. The standard InChI is InChI=1S/C12H16ClNO2/c1-8(2)16-12(15)7-11(14)9-5-3-4-6-10(9)13/h3-6,8,11H,7,14H2,1-2H3/t11-/m1/s1. The molecule has 0 heterocycles. The van der Waals surface area contributed by atoms with Gasteiger partial charge in [-0.25, -0.2) is 0 Å². The number of nitrogens with two attached hydrogens (primary N) is 1. The summed E-state index contributed by atoms with van der Waals surface area (Å²) in [5, 5.41) is 0.576. The molecule has 0 amide bonds. The third-order valence-electron chi connectivity index (χ3n) is 2.06. The second kappa shape index (κ2) is 5.87. The summed E-state index contributed by atoms with van der Waals surface area (Å²) in [7, 11) is 0. The number of hydrogen-bond acceptors (Lipinski definition) is 3. The van der Waals surface area contributed by atoms with Crippen molar-refractivity contribution in [3.63, 3.8) is 0 Å². The van der Waals surface area contributed by atoms with Crippen LogP contribution in [0.5, 0.6) is 0 Å². The molecule has 0 aromatic heterocycles. The van der Waals surface area contributed by atoms with Gasteiger partial charge in [0.15, 0.2) is 0 Å². The van der Waals surface area contributed by atoms with Gasteiger partial charge in [-0.15, -0.1) is 0 Å². The molecule has 0 aliphatic heterocycles. The zero-order chi connectivity index (χ0) is 12.1. The maximum absolute atomic E-state index is 11.4. The monoisotopic (exact) mass is 241 g/mol. The lowest BCUT2D eigenvalue weighted by molar-refractivity contribution is -0.147. The Morgan fingerprint density at radius 2 is 2.06 bits per heavy atom. The quantitative estimate of drug-likeness (QED) is 0.825. The van der Waals surface area contributed by atoms with Crippen molar-refractivity contribution >= 4 is 17.6 Å². The third-order valence-corrected chi connectivity index (χ3v) is 2.40. The smallest absolute Gasteiger partial charge is 0.307 e. The van der Waals surface area contributed by atoms with E-state index in [0.717, 1.165) is 5.56 Å². The SMILES string of the molecule is CC(C)OC(=O)C[C@@H](N)c1ccccc1Cl. The van der Waals surface area contributed by atoms with Gasteiger partial charge in [-0.2, -0.15) is 0 Å². The van der Waals surface area contributed by atoms with E-state index in [0.29, 0.717) is 5.02 Å². The zero-order valence-corrected chi connectivity index (χ0v) is 10.2. The van der Waals surface area contributed by atoms with Gasteiger partial charge in [-0.3, -0.25) is 4.79 Å². The Bertz CT molecular complexity index is 366. The molecule has 0 saturated carbocycles. The first-order chi connectivity index (χ1) is 7.50. The highest BCUT2D eigenvalue weighted by Crippen LogP contribution is 2.23. The Morgan fingerprint density at radius 3 is 2.62 bits per heavy atom. The lowest BCUT2D eigenvalue weighted by atomic mass is 10.1. The van der Waals surface area contributed by atoms with E-state index in [-0.39, 0.29) is 18.5 Å². The highest BCUT2D eigenvalue weighted by Gasteiger charge is 2.15. The maximum atomic E-state index is 11.4. The van der Waals surface area contributed by atoms with Crippen molar-refractivity contribution in [2.24, 2.45) is 5.73 Å². The van der Waals surface area contributed by atoms with Gasteiger partial charge in [0.05, 0.1) is 12.5 Å². The van der Waals surface area contributed by atoms with Crippen molar-refractivity contribution in [2.75, 3.05) is 0 Å². The number of ether oxygens (including phenoxy) is 1. The number of benzene rings is 1. The van der Waals surface area contributed by atoms with Crippen molar-refractivity contribution in [1.82, 2.24) is 0 Å². The molecule has 16 heavy (non-hydrogen) atoms. The molecule has 3 nitrogen and oxygen atoms in total. The Morgan fingerprint density at radius 1 is 1.44 bits per heavy atom. The molecule has 0 aliphatic carbocycles. The summed E-state index contributed by atoms with van der Waals surface area (Å²) in [6.07, 6.45) is 0.0213. The first-order valence-electron chi connectivity index (χ1n) is 5.20. The van der Waals surface area contributed by atoms with Crippen LogP contribution < -0.4 is 5.73 Å². The molecule has 0 radical (unpaired) electrons. The summed E-state index contributed by atoms with van der Waals surface area (Å²) >= 11 is 5.98. The number of esters is 1. The molecular weight excluding hydrogens is 226 g/mol. The van der Waals surface area contributed by atoms with Crippen molar-refractivity contribution in [1.29, 1.82) is 0 Å². The zero-order valence-electron chi connectivity index (χ0n) is 9.44. The van der Waals surface area contributed by atoms with Crippen LogP contribution in [0.15, 0.2) is 24.3 Å². The van der Waals surface area contributed by atoms with Gasteiger partial charge in [0, 0.05) is 11.1 Å². The van der Waals surface area contributed by atoms with Gasteiger partial charge >= 0.3 is 5.97 Å². The molecule has 0 fully saturated rings. The summed E-state index contributed by atoms with van der Waals surface area (Å²) in [5.74, 6) is -0.303. The Hall–Kier alpha value is -1.06. The largest absolute Gasteiger partial charge is 0.463 e. The topological polar surface area (TPSA) is 52.3 Å². The number of halogens is 1. The molecule has 0 aliphatic rings. The first kappa shape index (κ1) is 13.0. The Kier molecular flexibility index (Phi) is 4.77. The molecule has 0 bridgehead atoms. The molecule has 4 heteroatoms. The molecule has 1 atom stereocenters. The van der Waals surface area contributed by atoms with Gasteiger partial charge in [0.25, 0.3) is 0 Å². The van der Waals surface area contributed by atoms with Gasteiger partial charge in [0.2, 0.25) is 0 Å². The van der Waals surface area contributed by atoms with Crippen LogP contribution in [-0.4, -0.2) is 12.1 Å². The summed E-state index contributed by atoms with van der Waals surface area (Å²) in [6, 6.07) is 6.82. The van der Waals surface area contributed by atoms with Crippen molar-refractivity contribution in [3.8, 4) is 0 Å². The summed E-state index contributed by atoms with van der Waals surface area (Å²) < 4.78 is 5.02. The van der Waals surface area contributed by atoms with E-state index in [2.05, 4.69) is 0 Å². The number of hydrogen-bond donors (Lipinski definition) is 1. The second-order valence-electron chi connectivity index (χ2n) is 3.87. The van der Waals surface area contributed by atoms with Crippen LogP contribution in [0.25, 0.3) is 0 Å². The minimum Gasteiger partial charge on any atom is -0.463 e. The van der Waals surface area contributed by atoms with Crippen LogP contribution in [0.1, 0.15) is 31.9 Å². The van der Waals surface area contributed by atoms with E-state index >= 15 is 0 Å². The predicted molar refractivity (Wildman–Crippen MR) is 64.2 cm³/mol. The van der Waals surface area contributed by atoms with Gasteiger partial charge < -0.3 is 10.5 Å². The lowest BCUT2D eigenvalue weighted by Gasteiger charge is -2.14. The summed E-state index contributed by atoms with van der Waals surface area (Å²) in [5.41, 5.74) is 6.66. The second-order valence-corrected chi connectivity index (χ2v) is 4.28. The summed E-state index contributed by atoms with van der Waals surface area (Å²) in [4.78, 5) is 11.4. The van der Waals surface area contributed by atoms with Crippen molar-refractivity contribution in [3.05, 3.63) is 34.9 Å². The fourth-order valence-electron chi connectivity index (χ4n) is 1.38. The number of carbonyl (C=O) groups excluding carboxylic acids is 1. The predicted octanol–water partition coefficient (Wildman–Crippen LogP) is 2.68. The van der Waals surface area contributed by atoms with Crippen LogP contribution >= 0.6 is 11.6 Å². The van der Waals surface area contributed by atoms with Crippen LogP contribution in [-0.2, 0) is 9.53 Å². The third kappa shape index (κ3) is 3.83. The molecule has 1 aromatic carbocycles. The normalized spacial score (nSPS) is 12.6. The van der Waals surface area contributed by atoms with Crippen molar-refractivity contribution in [2.45, 2.75) is 32.4 Å². The van der Waals surface area contributed by atoms with Crippen LogP contribution in [0, 0.1) is 0 Å². The number of rotatable bonds is 4.